The largest absolute Gasteiger partial charge is 0.379 e. The fourth-order valence-corrected chi connectivity index (χ4v) is 1.46. The minimum absolute atomic E-state index is 0.0569. The van der Waals surface area contributed by atoms with Crippen LogP contribution in [0.1, 0.15) is 20.3 Å². The summed E-state index contributed by atoms with van der Waals surface area (Å²) in [7, 11) is 0. The average Bonchev–Trinajstić information content (AvgIpc) is 2.70. The number of urea groups is 1. The molecular formula is C10H19N3O3. The van der Waals surface area contributed by atoms with Gasteiger partial charge in [-0.2, -0.15) is 0 Å². The lowest BCUT2D eigenvalue weighted by Crippen LogP contribution is -2.50. The zero-order chi connectivity index (χ0) is 12.0. The summed E-state index contributed by atoms with van der Waals surface area (Å²) >= 11 is 0. The Morgan fingerprint density at radius 2 is 2.25 bits per heavy atom. The van der Waals surface area contributed by atoms with Crippen LogP contribution >= 0.6 is 0 Å². The Morgan fingerprint density at radius 3 is 2.81 bits per heavy atom. The number of rotatable bonds is 4. The molecule has 1 aliphatic rings. The van der Waals surface area contributed by atoms with Gasteiger partial charge in [-0.1, -0.05) is 0 Å². The SMILES string of the molecule is CCNC(=O)C(C)NC(=O)NC1CCOC1. The summed E-state index contributed by atoms with van der Waals surface area (Å²) in [6, 6.07) is -0.794. The first-order chi connectivity index (χ1) is 7.63. The van der Waals surface area contributed by atoms with Crippen molar-refractivity contribution < 1.29 is 14.3 Å². The van der Waals surface area contributed by atoms with Crippen LogP contribution in [0.4, 0.5) is 4.79 Å². The first kappa shape index (κ1) is 12.8. The van der Waals surface area contributed by atoms with Gasteiger partial charge in [0.2, 0.25) is 5.91 Å². The predicted octanol–water partition coefficient (Wildman–Crippen LogP) is -0.401. The van der Waals surface area contributed by atoms with Crippen molar-refractivity contribution >= 4 is 11.9 Å². The van der Waals surface area contributed by atoms with E-state index in [9.17, 15) is 9.59 Å². The maximum Gasteiger partial charge on any atom is 0.315 e. The van der Waals surface area contributed by atoms with E-state index in [-0.39, 0.29) is 18.0 Å². The van der Waals surface area contributed by atoms with Crippen molar-refractivity contribution in [2.45, 2.75) is 32.4 Å². The molecule has 0 aliphatic carbocycles. The van der Waals surface area contributed by atoms with Crippen LogP contribution in [-0.4, -0.2) is 43.8 Å². The lowest BCUT2D eigenvalue weighted by atomic mass is 10.2. The molecule has 1 rings (SSSR count). The third-order valence-corrected chi connectivity index (χ3v) is 2.36. The molecule has 0 spiro atoms. The quantitative estimate of drug-likeness (QED) is 0.613. The highest BCUT2D eigenvalue weighted by Gasteiger charge is 2.20. The van der Waals surface area contributed by atoms with Gasteiger partial charge in [-0.15, -0.1) is 0 Å². The van der Waals surface area contributed by atoms with E-state index in [1.807, 2.05) is 6.92 Å². The van der Waals surface area contributed by atoms with E-state index in [0.29, 0.717) is 19.8 Å². The van der Waals surface area contributed by atoms with E-state index in [1.54, 1.807) is 6.92 Å². The molecule has 16 heavy (non-hydrogen) atoms. The van der Waals surface area contributed by atoms with E-state index in [2.05, 4.69) is 16.0 Å². The van der Waals surface area contributed by atoms with Crippen LogP contribution in [0.5, 0.6) is 0 Å². The molecule has 6 heteroatoms. The second-order valence-corrected chi connectivity index (χ2v) is 3.79. The Balaban J connectivity index is 2.24. The lowest BCUT2D eigenvalue weighted by Gasteiger charge is -2.16. The molecule has 0 bridgehead atoms. The Morgan fingerprint density at radius 1 is 1.50 bits per heavy atom. The third kappa shape index (κ3) is 4.06. The molecular weight excluding hydrogens is 210 g/mol. The lowest BCUT2D eigenvalue weighted by molar-refractivity contribution is -0.122. The molecule has 0 radical (unpaired) electrons. The van der Waals surface area contributed by atoms with E-state index in [4.69, 9.17) is 4.74 Å². The number of nitrogens with one attached hydrogen (secondary N) is 3. The van der Waals surface area contributed by atoms with E-state index in [1.165, 1.54) is 0 Å². The molecule has 3 amide bonds. The molecule has 0 aromatic rings. The molecule has 1 saturated heterocycles. The van der Waals surface area contributed by atoms with Crippen LogP contribution in [0.15, 0.2) is 0 Å². The van der Waals surface area contributed by atoms with Crippen molar-refractivity contribution in [3.63, 3.8) is 0 Å². The summed E-state index contributed by atoms with van der Waals surface area (Å²) in [5, 5.41) is 7.96. The molecule has 6 nitrogen and oxygen atoms in total. The molecule has 0 aromatic heterocycles. The molecule has 2 atom stereocenters. The Labute approximate surface area is 95.1 Å². The molecule has 0 saturated carbocycles. The molecule has 1 fully saturated rings. The fraction of sp³-hybridized carbons (Fsp3) is 0.800. The van der Waals surface area contributed by atoms with Crippen LogP contribution in [-0.2, 0) is 9.53 Å². The van der Waals surface area contributed by atoms with Crippen molar-refractivity contribution in [1.82, 2.24) is 16.0 Å². The molecule has 1 aliphatic heterocycles. The summed E-state index contributed by atoms with van der Waals surface area (Å²) in [6.07, 6.45) is 0.822. The van der Waals surface area contributed by atoms with Gasteiger partial charge in [0.1, 0.15) is 6.04 Å². The maximum absolute atomic E-state index is 11.5. The van der Waals surface area contributed by atoms with Gasteiger partial charge < -0.3 is 20.7 Å². The predicted molar refractivity (Wildman–Crippen MR) is 59.0 cm³/mol. The Hall–Kier alpha value is -1.30. The standard InChI is InChI=1S/C10H19N3O3/c1-3-11-9(14)7(2)12-10(15)13-8-4-5-16-6-8/h7-8H,3-6H2,1-2H3,(H,11,14)(H2,12,13,15). The molecule has 1 heterocycles. The highest BCUT2D eigenvalue weighted by molar-refractivity contribution is 5.86. The first-order valence-electron chi connectivity index (χ1n) is 5.56. The summed E-state index contributed by atoms with van der Waals surface area (Å²) in [4.78, 5) is 22.8. The summed E-state index contributed by atoms with van der Waals surface area (Å²) < 4.78 is 5.13. The van der Waals surface area contributed by atoms with Crippen molar-refractivity contribution in [3.05, 3.63) is 0 Å². The van der Waals surface area contributed by atoms with Gasteiger partial charge in [-0.25, -0.2) is 4.79 Å². The van der Waals surface area contributed by atoms with Crippen molar-refractivity contribution in [3.8, 4) is 0 Å². The monoisotopic (exact) mass is 229 g/mol. The van der Waals surface area contributed by atoms with Crippen LogP contribution in [0.25, 0.3) is 0 Å². The minimum atomic E-state index is -0.526. The summed E-state index contributed by atoms with van der Waals surface area (Å²) in [6.45, 7) is 5.26. The normalized spacial score (nSPS) is 21.2. The van der Waals surface area contributed by atoms with Crippen molar-refractivity contribution in [1.29, 1.82) is 0 Å². The zero-order valence-electron chi connectivity index (χ0n) is 9.71. The second kappa shape index (κ2) is 6.32. The molecule has 2 unspecified atom stereocenters. The van der Waals surface area contributed by atoms with Crippen LogP contribution in [0.3, 0.4) is 0 Å². The van der Waals surface area contributed by atoms with E-state index >= 15 is 0 Å². The smallest absolute Gasteiger partial charge is 0.315 e. The zero-order valence-corrected chi connectivity index (χ0v) is 9.71. The first-order valence-corrected chi connectivity index (χ1v) is 5.56. The second-order valence-electron chi connectivity index (χ2n) is 3.79. The van der Waals surface area contributed by atoms with Gasteiger partial charge in [0.25, 0.3) is 0 Å². The fourth-order valence-electron chi connectivity index (χ4n) is 1.46. The number of hydrogen-bond acceptors (Lipinski definition) is 3. The average molecular weight is 229 g/mol. The van der Waals surface area contributed by atoms with Crippen molar-refractivity contribution in [2.75, 3.05) is 19.8 Å². The highest BCUT2D eigenvalue weighted by atomic mass is 16.5. The number of amides is 3. The summed E-state index contributed by atoms with van der Waals surface area (Å²) in [5.74, 6) is -0.180. The van der Waals surface area contributed by atoms with Gasteiger partial charge in [0.15, 0.2) is 0 Å². The van der Waals surface area contributed by atoms with Gasteiger partial charge >= 0.3 is 6.03 Å². The van der Waals surface area contributed by atoms with Gasteiger partial charge in [-0.05, 0) is 20.3 Å². The Bertz CT molecular complexity index is 252. The highest BCUT2D eigenvalue weighted by Crippen LogP contribution is 2.02. The molecule has 3 N–H and O–H groups in total. The van der Waals surface area contributed by atoms with Gasteiger partial charge in [-0.3, -0.25) is 4.79 Å². The molecule has 0 aromatic carbocycles. The molecule has 92 valence electrons. The van der Waals surface area contributed by atoms with Crippen LogP contribution < -0.4 is 16.0 Å². The maximum atomic E-state index is 11.5. The topological polar surface area (TPSA) is 79.5 Å². The van der Waals surface area contributed by atoms with Crippen LogP contribution in [0, 0.1) is 0 Å². The van der Waals surface area contributed by atoms with E-state index < -0.39 is 6.04 Å². The number of ether oxygens (including phenoxy) is 1. The van der Waals surface area contributed by atoms with Crippen LogP contribution in [0.2, 0.25) is 0 Å². The Kier molecular flexibility index (Phi) is 5.04. The van der Waals surface area contributed by atoms with Crippen molar-refractivity contribution in [2.24, 2.45) is 0 Å². The van der Waals surface area contributed by atoms with Gasteiger partial charge in [0, 0.05) is 13.2 Å². The number of hydrogen-bond donors (Lipinski definition) is 3. The summed E-state index contributed by atoms with van der Waals surface area (Å²) in [5.41, 5.74) is 0. The minimum Gasteiger partial charge on any atom is -0.379 e. The third-order valence-electron chi connectivity index (χ3n) is 2.36. The van der Waals surface area contributed by atoms with Gasteiger partial charge in [0.05, 0.1) is 12.6 Å². The number of carbonyl (C=O) groups is 2. The number of carbonyl (C=O) groups excluding carboxylic acids is 2. The van der Waals surface area contributed by atoms with E-state index in [0.717, 1.165) is 6.42 Å². The number of likely N-dealkylation sites (N-methyl/N-ethyl adjacent to an activating group) is 1.